The minimum Gasteiger partial charge on any atom is -0.497 e. The maximum atomic E-state index is 12.8. The normalized spacial score (nSPS) is 17.5. The van der Waals surface area contributed by atoms with E-state index in [0.717, 1.165) is 20.8 Å². The molecule has 136 valence electrons. The van der Waals surface area contributed by atoms with Crippen LogP contribution in [0.1, 0.15) is 4.88 Å². The van der Waals surface area contributed by atoms with Gasteiger partial charge in [0, 0.05) is 21.8 Å². The van der Waals surface area contributed by atoms with Crippen molar-refractivity contribution < 1.29 is 14.3 Å². The number of amides is 1. The summed E-state index contributed by atoms with van der Waals surface area (Å²) in [6.07, 6.45) is 1.90. The second-order valence-corrected chi connectivity index (χ2v) is 8.19. The Hall–Kier alpha value is -1.61. The number of ether oxygens (including phenoxy) is 2. The van der Waals surface area contributed by atoms with Crippen molar-refractivity contribution in [1.29, 1.82) is 0 Å². The lowest BCUT2D eigenvalue weighted by Gasteiger charge is -2.14. The van der Waals surface area contributed by atoms with Gasteiger partial charge in [0.25, 0.3) is 5.91 Å². The zero-order valence-electron chi connectivity index (χ0n) is 14.3. The van der Waals surface area contributed by atoms with E-state index in [1.54, 1.807) is 30.5 Å². The lowest BCUT2D eigenvalue weighted by Crippen LogP contribution is -2.32. The number of hydrogen-bond acceptors (Lipinski definition) is 6. The summed E-state index contributed by atoms with van der Waals surface area (Å²) in [5, 5.41) is 2.64. The van der Waals surface area contributed by atoms with E-state index in [-0.39, 0.29) is 5.91 Å². The van der Waals surface area contributed by atoms with Crippen LogP contribution in [0.3, 0.4) is 0 Å². The van der Waals surface area contributed by atoms with Crippen LogP contribution in [0.25, 0.3) is 6.08 Å². The molecule has 0 radical (unpaired) electrons. The predicted molar refractivity (Wildman–Crippen MR) is 111 cm³/mol. The fraction of sp³-hybridized carbons (Fsp3) is 0.222. The molecule has 1 aliphatic rings. The Morgan fingerprint density at radius 3 is 2.65 bits per heavy atom. The molecule has 1 aliphatic heterocycles. The van der Waals surface area contributed by atoms with Crippen LogP contribution in [0.2, 0.25) is 0 Å². The molecule has 1 saturated heterocycles. The highest BCUT2D eigenvalue weighted by molar-refractivity contribution is 9.10. The number of halogens is 1. The van der Waals surface area contributed by atoms with Crippen molar-refractivity contribution in [1.82, 2.24) is 4.90 Å². The molecule has 0 aliphatic carbocycles. The van der Waals surface area contributed by atoms with Gasteiger partial charge in [0.15, 0.2) is 5.17 Å². The monoisotopic (exact) mass is 452 g/mol. The number of carbonyl (C=O) groups excluding carboxylic acids is 1. The molecule has 3 rings (SSSR count). The van der Waals surface area contributed by atoms with Crippen molar-refractivity contribution in [2.75, 3.05) is 27.4 Å². The molecule has 26 heavy (non-hydrogen) atoms. The summed E-state index contributed by atoms with van der Waals surface area (Å²) in [5.74, 6) is 0.716. The number of thioether (sulfide) groups is 1. The molecule has 2 heterocycles. The molecule has 0 N–H and O–H groups in total. The fourth-order valence-corrected chi connectivity index (χ4v) is 4.74. The van der Waals surface area contributed by atoms with Crippen LogP contribution in [0, 0.1) is 0 Å². The first-order valence-corrected chi connectivity index (χ1v) is 10.3. The number of hydrogen-bond donors (Lipinski definition) is 0. The smallest absolute Gasteiger partial charge is 0.266 e. The average Bonchev–Trinajstić information content (AvgIpc) is 3.18. The third-order valence-electron chi connectivity index (χ3n) is 3.57. The van der Waals surface area contributed by atoms with E-state index in [9.17, 15) is 4.79 Å². The van der Waals surface area contributed by atoms with Crippen LogP contribution >= 0.6 is 39.0 Å². The van der Waals surface area contributed by atoms with Gasteiger partial charge < -0.3 is 9.47 Å². The molecule has 0 saturated carbocycles. The SMILES string of the molecule is COCCN1C(=O)/C(=C/c2cc(Br)cs2)SC1=Nc1ccc(OC)cc1. The highest BCUT2D eigenvalue weighted by atomic mass is 79.9. The van der Waals surface area contributed by atoms with Crippen LogP contribution < -0.4 is 4.74 Å². The van der Waals surface area contributed by atoms with Gasteiger partial charge >= 0.3 is 0 Å². The van der Waals surface area contributed by atoms with Crippen molar-refractivity contribution in [2.24, 2.45) is 4.99 Å². The van der Waals surface area contributed by atoms with E-state index in [1.165, 1.54) is 11.8 Å². The second kappa shape index (κ2) is 8.85. The first-order valence-electron chi connectivity index (χ1n) is 7.78. The molecule has 5 nitrogen and oxygen atoms in total. The largest absolute Gasteiger partial charge is 0.497 e. The third-order valence-corrected chi connectivity index (χ3v) is 6.21. The van der Waals surface area contributed by atoms with Gasteiger partial charge in [-0.05, 0) is 64.1 Å². The van der Waals surface area contributed by atoms with E-state index in [4.69, 9.17) is 9.47 Å². The molecule has 0 atom stereocenters. The minimum atomic E-state index is -0.0520. The Labute approximate surface area is 168 Å². The molecule has 1 fully saturated rings. The second-order valence-electron chi connectivity index (χ2n) is 5.32. The molecule has 8 heteroatoms. The maximum Gasteiger partial charge on any atom is 0.266 e. The van der Waals surface area contributed by atoms with Crippen molar-refractivity contribution in [3.05, 3.63) is 50.0 Å². The van der Waals surface area contributed by atoms with Crippen LogP contribution in [0.15, 0.2) is 50.1 Å². The van der Waals surface area contributed by atoms with Crippen molar-refractivity contribution in [3.63, 3.8) is 0 Å². The topological polar surface area (TPSA) is 51.1 Å². The number of methoxy groups -OCH3 is 2. The number of aliphatic imine (C=N–C) groups is 1. The summed E-state index contributed by atoms with van der Waals surface area (Å²) in [5.41, 5.74) is 0.767. The number of amidine groups is 1. The molecular formula is C18H17BrN2O3S2. The van der Waals surface area contributed by atoms with Gasteiger partial charge in [0.2, 0.25) is 0 Å². The molecule has 0 spiro atoms. The standard InChI is InChI=1S/C18H17BrN2O3S2/c1-23-8-7-21-17(22)16(10-15-9-12(19)11-25-15)26-18(21)20-13-3-5-14(24-2)6-4-13/h3-6,9-11H,7-8H2,1-2H3/b16-10-,20-18?. The number of carbonyl (C=O) groups is 1. The lowest BCUT2D eigenvalue weighted by atomic mass is 10.3. The fourth-order valence-electron chi connectivity index (χ4n) is 2.27. The first-order chi connectivity index (χ1) is 12.6. The summed E-state index contributed by atoms with van der Waals surface area (Å²) in [6, 6.07) is 9.41. The lowest BCUT2D eigenvalue weighted by molar-refractivity contribution is -0.122. The van der Waals surface area contributed by atoms with E-state index in [2.05, 4.69) is 20.9 Å². The summed E-state index contributed by atoms with van der Waals surface area (Å²) in [7, 11) is 3.24. The van der Waals surface area contributed by atoms with Crippen LogP contribution in [-0.2, 0) is 9.53 Å². The Kier molecular flexibility index (Phi) is 6.53. The zero-order valence-corrected chi connectivity index (χ0v) is 17.5. The number of rotatable bonds is 6. The van der Waals surface area contributed by atoms with E-state index < -0.39 is 0 Å². The third kappa shape index (κ3) is 4.56. The average molecular weight is 453 g/mol. The van der Waals surface area contributed by atoms with Gasteiger partial charge in [-0.2, -0.15) is 0 Å². The highest BCUT2D eigenvalue weighted by Crippen LogP contribution is 2.35. The van der Waals surface area contributed by atoms with Gasteiger partial charge in [0.05, 0.1) is 30.9 Å². The van der Waals surface area contributed by atoms with Gasteiger partial charge in [-0.3, -0.25) is 9.69 Å². The molecule has 1 amide bonds. The molecule has 0 unspecified atom stereocenters. The molecule has 0 bridgehead atoms. The van der Waals surface area contributed by atoms with Gasteiger partial charge in [0.1, 0.15) is 5.75 Å². The van der Waals surface area contributed by atoms with Crippen LogP contribution in [-0.4, -0.2) is 43.3 Å². The zero-order chi connectivity index (χ0) is 18.5. The van der Waals surface area contributed by atoms with Crippen molar-refractivity contribution >= 4 is 61.9 Å². The van der Waals surface area contributed by atoms with Gasteiger partial charge in [-0.15, -0.1) is 11.3 Å². The minimum absolute atomic E-state index is 0.0520. The van der Waals surface area contributed by atoms with E-state index >= 15 is 0 Å². The van der Waals surface area contributed by atoms with Gasteiger partial charge in [-0.25, -0.2) is 4.99 Å². The number of nitrogens with zero attached hydrogens (tertiary/aromatic N) is 2. The Morgan fingerprint density at radius 2 is 2.04 bits per heavy atom. The van der Waals surface area contributed by atoms with Crippen LogP contribution in [0.4, 0.5) is 5.69 Å². The Bertz CT molecular complexity index is 846. The summed E-state index contributed by atoms with van der Waals surface area (Å²) < 4.78 is 11.3. The Morgan fingerprint density at radius 1 is 1.27 bits per heavy atom. The summed E-state index contributed by atoms with van der Waals surface area (Å²) in [6.45, 7) is 0.911. The van der Waals surface area contributed by atoms with Gasteiger partial charge in [-0.1, -0.05) is 0 Å². The predicted octanol–water partition coefficient (Wildman–Crippen LogP) is 4.77. The quantitative estimate of drug-likeness (QED) is 0.592. The first kappa shape index (κ1) is 19.2. The van der Waals surface area contributed by atoms with Crippen molar-refractivity contribution in [2.45, 2.75) is 0 Å². The number of benzene rings is 1. The highest BCUT2D eigenvalue weighted by Gasteiger charge is 2.33. The van der Waals surface area contributed by atoms with E-state index in [1.807, 2.05) is 41.8 Å². The molecule has 1 aromatic heterocycles. The van der Waals surface area contributed by atoms with Crippen molar-refractivity contribution in [3.8, 4) is 5.75 Å². The molecular weight excluding hydrogens is 436 g/mol. The maximum absolute atomic E-state index is 12.8. The number of thiophene rings is 1. The van der Waals surface area contributed by atoms with E-state index in [0.29, 0.717) is 23.2 Å². The summed E-state index contributed by atoms with van der Waals surface area (Å²) in [4.78, 5) is 20.8. The Balaban J connectivity index is 1.89. The molecule has 1 aromatic carbocycles. The van der Waals surface area contributed by atoms with Crippen LogP contribution in [0.5, 0.6) is 5.75 Å². The molecule has 2 aromatic rings. The summed E-state index contributed by atoms with van der Waals surface area (Å²) >= 11 is 6.40.